The van der Waals surface area contributed by atoms with E-state index in [1.54, 1.807) is 0 Å². The Morgan fingerprint density at radius 3 is 2.82 bits per heavy atom. The maximum atomic E-state index is 13.2. The lowest BCUT2D eigenvalue weighted by Crippen LogP contribution is -2.26. The molecule has 1 aliphatic rings. The van der Waals surface area contributed by atoms with Gasteiger partial charge in [-0.05, 0) is 12.1 Å². The van der Waals surface area contributed by atoms with Crippen LogP contribution in [0.2, 0.25) is 5.02 Å². The second kappa shape index (κ2) is 5.47. The zero-order valence-electron chi connectivity index (χ0n) is 9.12. The van der Waals surface area contributed by atoms with Crippen molar-refractivity contribution in [2.75, 3.05) is 13.2 Å². The zero-order chi connectivity index (χ0) is 12.3. The fourth-order valence-corrected chi connectivity index (χ4v) is 1.87. The summed E-state index contributed by atoms with van der Waals surface area (Å²) in [5, 5.41) is -0.190. The Bertz CT molecular complexity index is 416. The zero-order valence-corrected chi connectivity index (χ0v) is 9.87. The summed E-state index contributed by atoms with van der Waals surface area (Å²) in [6.45, 7) is 1.16. The first-order chi connectivity index (χ1) is 8.18. The van der Waals surface area contributed by atoms with E-state index in [2.05, 4.69) is 0 Å². The van der Waals surface area contributed by atoms with E-state index in [0.717, 1.165) is 0 Å². The standard InChI is InChI=1S/C12H12ClFO3/c13-11-9(2-1-3-10(11)14)12(15)17-8-4-6-16-7-5-8/h1-3,8H,4-7H2. The first kappa shape index (κ1) is 12.3. The van der Waals surface area contributed by atoms with Crippen LogP contribution in [0.1, 0.15) is 23.2 Å². The summed E-state index contributed by atoms with van der Waals surface area (Å²) in [5.41, 5.74) is 0.0677. The molecule has 0 amide bonds. The maximum Gasteiger partial charge on any atom is 0.340 e. The van der Waals surface area contributed by atoms with Gasteiger partial charge in [-0.1, -0.05) is 17.7 Å². The molecule has 0 radical (unpaired) electrons. The van der Waals surface area contributed by atoms with Gasteiger partial charge >= 0.3 is 5.97 Å². The molecule has 0 spiro atoms. The third-order valence-corrected chi connectivity index (χ3v) is 3.00. The first-order valence-electron chi connectivity index (χ1n) is 5.41. The van der Waals surface area contributed by atoms with Gasteiger partial charge in [0.1, 0.15) is 11.9 Å². The molecule has 17 heavy (non-hydrogen) atoms. The van der Waals surface area contributed by atoms with E-state index in [1.165, 1.54) is 18.2 Å². The van der Waals surface area contributed by atoms with Gasteiger partial charge in [-0.25, -0.2) is 9.18 Å². The summed E-state index contributed by atoms with van der Waals surface area (Å²) in [7, 11) is 0. The monoisotopic (exact) mass is 258 g/mol. The number of esters is 1. The predicted molar refractivity (Wildman–Crippen MR) is 60.7 cm³/mol. The second-order valence-corrected chi connectivity index (χ2v) is 4.20. The molecular formula is C12H12ClFO3. The topological polar surface area (TPSA) is 35.5 Å². The Kier molecular flexibility index (Phi) is 3.97. The molecule has 1 aliphatic heterocycles. The van der Waals surface area contributed by atoms with Crippen LogP contribution >= 0.6 is 11.6 Å². The van der Waals surface area contributed by atoms with Crippen molar-refractivity contribution in [3.8, 4) is 0 Å². The third kappa shape index (κ3) is 2.96. The van der Waals surface area contributed by atoms with E-state index < -0.39 is 11.8 Å². The van der Waals surface area contributed by atoms with Gasteiger partial charge in [-0.3, -0.25) is 0 Å². The molecule has 3 nitrogen and oxygen atoms in total. The van der Waals surface area contributed by atoms with E-state index in [0.29, 0.717) is 26.1 Å². The van der Waals surface area contributed by atoms with Crippen molar-refractivity contribution in [2.24, 2.45) is 0 Å². The molecule has 1 aromatic carbocycles. The molecule has 0 saturated carbocycles. The van der Waals surface area contributed by atoms with Crippen molar-refractivity contribution in [1.29, 1.82) is 0 Å². The van der Waals surface area contributed by atoms with Crippen LogP contribution in [0.5, 0.6) is 0 Å². The number of hydrogen-bond acceptors (Lipinski definition) is 3. The van der Waals surface area contributed by atoms with E-state index >= 15 is 0 Å². The molecule has 92 valence electrons. The van der Waals surface area contributed by atoms with Crippen LogP contribution in [0.4, 0.5) is 4.39 Å². The smallest absolute Gasteiger partial charge is 0.340 e. The summed E-state index contributed by atoms with van der Waals surface area (Å²) < 4.78 is 23.6. The minimum atomic E-state index is -0.618. The van der Waals surface area contributed by atoms with Crippen molar-refractivity contribution in [3.63, 3.8) is 0 Å². The van der Waals surface area contributed by atoms with Crippen molar-refractivity contribution < 1.29 is 18.7 Å². The number of benzene rings is 1. The normalized spacial score (nSPS) is 16.8. The van der Waals surface area contributed by atoms with E-state index in [-0.39, 0.29) is 16.7 Å². The second-order valence-electron chi connectivity index (χ2n) is 3.82. The summed E-state index contributed by atoms with van der Waals surface area (Å²) in [6.07, 6.45) is 1.16. The Hall–Kier alpha value is -1.13. The summed E-state index contributed by atoms with van der Waals surface area (Å²) in [5.74, 6) is -1.20. The Morgan fingerprint density at radius 1 is 1.41 bits per heavy atom. The largest absolute Gasteiger partial charge is 0.459 e. The SMILES string of the molecule is O=C(OC1CCOCC1)c1cccc(F)c1Cl. The third-order valence-electron chi connectivity index (χ3n) is 2.61. The Labute approximate surface area is 103 Å². The molecule has 0 N–H and O–H groups in total. The highest BCUT2D eigenvalue weighted by atomic mass is 35.5. The Balaban J connectivity index is 2.06. The summed E-state index contributed by atoms with van der Waals surface area (Å²) in [6, 6.07) is 4.09. The molecule has 1 heterocycles. The molecule has 5 heteroatoms. The summed E-state index contributed by atoms with van der Waals surface area (Å²) >= 11 is 5.71. The van der Waals surface area contributed by atoms with Crippen molar-refractivity contribution in [3.05, 3.63) is 34.6 Å². The predicted octanol–water partition coefficient (Wildman–Crippen LogP) is 2.81. The van der Waals surface area contributed by atoms with E-state index in [1.807, 2.05) is 0 Å². The van der Waals surface area contributed by atoms with Crippen molar-refractivity contribution >= 4 is 17.6 Å². The van der Waals surface area contributed by atoms with Crippen LogP contribution in [0.25, 0.3) is 0 Å². The van der Waals surface area contributed by atoms with Gasteiger partial charge in [-0.2, -0.15) is 0 Å². The highest BCUT2D eigenvalue weighted by molar-refractivity contribution is 6.33. The number of hydrogen-bond donors (Lipinski definition) is 0. The lowest BCUT2D eigenvalue weighted by atomic mass is 10.1. The number of ether oxygens (including phenoxy) is 2. The average molecular weight is 259 g/mol. The van der Waals surface area contributed by atoms with Crippen LogP contribution in [0.3, 0.4) is 0 Å². The molecule has 0 aliphatic carbocycles. The number of carbonyl (C=O) groups excluding carboxylic acids is 1. The molecular weight excluding hydrogens is 247 g/mol. The van der Waals surface area contributed by atoms with Crippen LogP contribution in [-0.4, -0.2) is 25.3 Å². The van der Waals surface area contributed by atoms with Crippen LogP contribution in [0, 0.1) is 5.82 Å². The number of halogens is 2. The lowest BCUT2D eigenvalue weighted by Gasteiger charge is -2.22. The molecule has 1 aromatic rings. The van der Waals surface area contributed by atoms with Gasteiger partial charge < -0.3 is 9.47 Å². The molecule has 1 fully saturated rings. The molecule has 2 rings (SSSR count). The van der Waals surface area contributed by atoms with Gasteiger partial charge in [0.25, 0.3) is 0 Å². The van der Waals surface area contributed by atoms with E-state index in [9.17, 15) is 9.18 Å². The van der Waals surface area contributed by atoms with Gasteiger partial charge in [0.05, 0.1) is 23.8 Å². The number of carbonyl (C=O) groups is 1. The first-order valence-corrected chi connectivity index (χ1v) is 5.79. The van der Waals surface area contributed by atoms with Crippen LogP contribution < -0.4 is 0 Å². The minimum Gasteiger partial charge on any atom is -0.459 e. The highest BCUT2D eigenvalue weighted by Gasteiger charge is 2.21. The molecule has 1 saturated heterocycles. The Morgan fingerprint density at radius 2 is 2.12 bits per heavy atom. The van der Waals surface area contributed by atoms with Gasteiger partial charge in [-0.15, -0.1) is 0 Å². The lowest BCUT2D eigenvalue weighted by molar-refractivity contribution is -0.0159. The van der Waals surface area contributed by atoms with Gasteiger partial charge in [0, 0.05) is 12.8 Å². The van der Waals surface area contributed by atoms with Crippen LogP contribution in [0.15, 0.2) is 18.2 Å². The quantitative estimate of drug-likeness (QED) is 0.765. The van der Waals surface area contributed by atoms with E-state index in [4.69, 9.17) is 21.1 Å². The van der Waals surface area contributed by atoms with Crippen molar-refractivity contribution in [2.45, 2.75) is 18.9 Å². The fourth-order valence-electron chi connectivity index (χ4n) is 1.67. The average Bonchev–Trinajstić information content (AvgIpc) is 2.34. The summed E-state index contributed by atoms with van der Waals surface area (Å²) in [4.78, 5) is 11.8. The van der Waals surface area contributed by atoms with Gasteiger partial charge in [0.15, 0.2) is 0 Å². The minimum absolute atomic E-state index is 0.0677. The van der Waals surface area contributed by atoms with Crippen LogP contribution in [-0.2, 0) is 9.47 Å². The molecule has 0 unspecified atom stereocenters. The fraction of sp³-hybridized carbons (Fsp3) is 0.417. The maximum absolute atomic E-state index is 13.2. The highest BCUT2D eigenvalue weighted by Crippen LogP contribution is 2.22. The molecule has 0 bridgehead atoms. The molecule has 0 atom stereocenters. The van der Waals surface area contributed by atoms with Gasteiger partial charge in [0.2, 0.25) is 0 Å². The number of rotatable bonds is 2. The molecule has 0 aromatic heterocycles. The van der Waals surface area contributed by atoms with Crippen molar-refractivity contribution in [1.82, 2.24) is 0 Å².